The van der Waals surface area contributed by atoms with E-state index in [0.29, 0.717) is 0 Å². The summed E-state index contributed by atoms with van der Waals surface area (Å²) >= 11 is 0. The number of hydrogen-bond acceptors (Lipinski definition) is 2. The third-order valence-electron chi connectivity index (χ3n) is 0.390. The molecule has 1 atom stereocenters. The smallest absolute Gasteiger partial charge is 0.320 e. The van der Waals surface area contributed by atoms with Crippen LogP contribution in [-0.4, -0.2) is 33.5 Å². The molecule has 0 heterocycles. The first-order valence-corrected chi connectivity index (χ1v) is 1.63. The van der Waals surface area contributed by atoms with Crippen LogP contribution in [0.1, 0.15) is 6.92 Å². The van der Waals surface area contributed by atoms with Crippen LogP contribution in [0.5, 0.6) is 0 Å². The SMILES string of the molecule is C[C@H](N)C(=O)O.O.O.O. The second-order valence-corrected chi connectivity index (χ2v) is 1.13. The molecule has 60 valence electrons. The Morgan fingerprint density at radius 2 is 1.56 bits per heavy atom. The van der Waals surface area contributed by atoms with Crippen LogP contribution in [0.3, 0.4) is 0 Å². The van der Waals surface area contributed by atoms with Gasteiger partial charge in [-0.05, 0) is 6.92 Å². The summed E-state index contributed by atoms with van der Waals surface area (Å²) in [5.41, 5.74) is 4.84. The van der Waals surface area contributed by atoms with Gasteiger partial charge in [0.05, 0.1) is 0 Å². The number of rotatable bonds is 1. The maximum absolute atomic E-state index is 9.57. The second kappa shape index (κ2) is 10.3. The van der Waals surface area contributed by atoms with Crippen LogP contribution < -0.4 is 5.73 Å². The molecule has 0 aliphatic carbocycles. The van der Waals surface area contributed by atoms with Gasteiger partial charge in [-0.3, -0.25) is 4.79 Å². The average Bonchev–Trinajstić information content (AvgIpc) is 1.36. The van der Waals surface area contributed by atoms with E-state index in [-0.39, 0.29) is 16.4 Å². The van der Waals surface area contributed by atoms with Gasteiger partial charge in [0.25, 0.3) is 0 Å². The van der Waals surface area contributed by atoms with Crippen molar-refractivity contribution >= 4 is 5.97 Å². The van der Waals surface area contributed by atoms with Crippen molar-refractivity contribution in [2.45, 2.75) is 13.0 Å². The molecular formula is C3H13NO5. The lowest BCUT2D eigenvalue weighted by atomic mass is 10.4. The number of carboxylic acids is 1. The standard InChI is InChI=1S/C3H7NO2.3H2O/c1-2(4)3(5)6;;;/h2H,4H2,1H3,(H,5,6);3*1H2/t2-;;;/m0.../s1. The van der Waals surface area contributed by atoms with E-state index in [4.69, 9.17) is 10.8 Å². The molecule has 0 saturated heterocycles. The normalized spacial score (nSPS) is 9.11. The summed E-state index contributed by atoms with van der Waals surface area (Å²) in [5.74, 6) is -0.963. The summed E-state index contributed by atoms with van der Waals surface area (Å²) in [5, 5.41) is 7.87. The van der Waals surface area contributed by atoms with Crippen LogP contribution in [-0.2, 0) is 4.79 Å². The zero-order chi connectivity index (χ0) is 5.15. The molecule has 0 radical (unpaired) electrons. The molecule has 0 bridgehead atoms. The molecule has 0 aromatic carbocycles. The monoisotopic (exact) mass is 143 g/mol. The van der Waals surface area contributed by atoms with Crippen LogP contribution in [0.15, 0.2) is 0 Å². The Morgan fingerprint density at radius 1 is 1.44 bits per heavy atom. The second-order valence-electron chi connectivity index (χ2n) is 1.13. The zero-order valence-corrected chi connectivity index (χ0v) is 5.01. The number of nitrogens with two attached hydrogens (primary N) is 1. The van der Waals surface area contributed by atoms with Gasteiger partial charge in [0.2, 0.25) is 0 Å². The first kappa shape index (κ1) is 23.9. The van der Waals surface area contributed by atoms with Crippen molar-refractivity contribution in [2.75, 3.05) is 0 Å². The van der Waals surface area contributed by atoms with Crippen molar-refractivity contribution in [1.82, 2.24) is 0 Å². The van der Waals surface area contributed by atoms with Gasteiger partial charge in [-0.25, -0.2) is 0 Å². The summed E-state index contributed by atoms with van der Waals surface area (Å²) in [4.78, 5) is 9.57. The van der Waals surface area contributed by atoms with Crippen molar-refractivity contribution in [3.8, 4) is 0 Å². The Balaban J connectivity index is -0.0000000417. The fourth-order valence-corrected chi connectivity index (χ4v) is 0. The molecule has 0 amide bonds. The van der Waals surface area contributed by atoms with E-state index in [0.717, 1.165) is 0 Å². The third kappa shape index (κ3) is 18.8. The number of aliphatic carboxylic acids is 1. The summed E-state index contributed by atoms with van der Waals surface area (Å²) in [6.07, 6.45) is 0. The number of carboxylic acid groups (broad SMARTS) is 1. The lowest BCUT2D eigenvalue weighted by Gasteiger charge is -1.90. The van der Waals surface area contributed by atoms with E-state index in [9.17, 15) is 4.79 Å². The maximum Gasteiger partial charge on any atom is 0.320 e. The van der Waals surface area contributed by atoms with E-state index < -0.39 is 12.0 Å². The van der Waals surface area contributed by atoms with E-state index in [1.165, 1.54) is 6.92 Å². The van der Waals surface area contributed by atoms with Gasteiger partial charge in [0, 0.05) is 0 Å². The minimum absolute atomic E-state index is 0. The van der Waals surface area contributed by atoms with Gasteiger partial charge in [0.15, 0.2) is 0 Å². The highest BCUT2D eigenvalue weighted by molar-refractivity contribution is 5.72. The Labute approximate surface area is 52.2 Å². The Bertz CT molecular complexity index is 63.2. The maximum atomic E-state index is 9.57. The Morgan fingerprint density at radius 3 is 1.56 bits per heavy atom. The first-order valence-electron chi connectivity index (χ1n) is 1.63. The molecule has 6 heteroatoms. The van der Waals surface area contributed by atoms with Crippen molar-refractivity contribution in [1.29, 1.82) is 0 Å². The fourth-order valence-electron chi connectivity index (χ4n) is 0. The van der Waals surface area contributed by atoms with Gasteiger partial charge in [-0.15, -0.1) is 0 Å². The average molecular weight is 143 g/mol. The van der Waals surface area contributed by atoms with E-state index >= 15 is 0 Å². The lowest BCUT2D eigenvalue weighted by molar-refractivity contribution is -0.138. The summed E-state index contributed by atoms with van der Waals surface area (Å²) in [6, 6.07) is -0.731. The van der Waals surface area contributed by atoms with Crippen molar-refractivity contribution in [2.24, 2.45) is 5.73 Å². The molecule has 0 saturated carbocycles. The molecule has 9 N–H and O–H groups in total. The van der Waals surface area contributed by atoms with Crippen molar-refractivity contribution in [3.63, 3.8) is 0 Å². The van der Waals surface area contributed by atoms with Crippen LogP contribution in [0, 0.1) is 0 Å². The quantitative estimate of drug-likeness (QED) is 0.399. The predicted octanol–water partition coefficient (Wildman–Crippen LogP) is -3.06. The lowest BCUT2D eigenvalue weighted by Crippen LogP contribution is -2.25. The molecule has 0 aromatic heterocycles. The van der Waals surface area contributed by atoms with Crippen LogP contribution in [0.25, 0.3) is 0 Å². The van der Waals surface area contributed by atoms with Crippen molar-refractivity contribution < 1.29 is 26.3 Å². The minimum atomic E-state index is -0.963. The molecule has 0 aromatic rings. The van der Waals surface area contributed by atoms with E-state index in [1.807, 2.05) is 0 Å². The van der Waals surface area contributed by atoms with Gasteiger partial charge < -0.3 is 27.3 Å². The molecule has 0 unspecified atom stereocenters. The van der Waals surface area contributed by atoms with Gasteiger partial charge >= 0.3 is 5.97 Å². The first-order chi connectivity index (χ1) is 2.64. The van der Waals surface area contributed by atoms with Gasteiger partial charge in [-0.2, -0.15) is 0 Å². The number of carbonyl (C=O) groups is 1. The predicted molar refractivity (Wildman–Crippen MR) is 32.1 cm³/mol. The Hall–Kier alpha value is -0.690. The van der Waals surface area contributed by atoms with E-state index in [2.05, 4.69) is 0 Å². The summed E-state index contributed by atoms with van der Waals surface area (Å²) in [7, 11) is 0. The molecule has 0 spiro atoms. The van der Waals surface area contributed by atoms with Crippen LogP contribution in [0.2, 0.25) is 0 Å². The molecule has 0 aliphatic heterocycles. The van der Waals surface area contributed by atoms with Crippen molar-refractivity contribution in [3.05, 3.63) is 0 Å². The largest absolute Gasteiger partial charge is 0.480 e. The molecule has 0 rings (SSSR count). The van der Waals surface area contributed by atoms with Crippen LogP contribution >= 0.6 is 0 Å². The molecule has 6 nitrogen and oxygen atoms in total. The third-order valence-corrected chi connectivity index (χ3v) is 0.390. The van der Waals surface area contributed by atoms with E-state index in [1.54, 1.807) is 0 Å². The summed E-state index contributed by atoms with van der Waals surface area (Å²) < 4.78 is 0. The highest BCUT2D eigenvalue weighted by Crippen LogP contribution is 1.68. The molecular weight excluding hydrogens is 130 g/mol. The minimum Gasteiger partial charge on any atom is -0.480 e. The highest BCUT2D eigenvalue weighted by atomic mass is 16.4. The number of hydrogen-bond donors (Lipinski definition) is 2. The molecule has 0 fully saturated rings. The summed E-state index contributed by atoms with van der Waals surface area (Å²) in [6.45, 7) is 1.42. The fraction of sp³-hybridized carbons (Fsp3) is 0.667. The Kier molecular flexibility index (Phi) is 27.4. The highest BCUT2D eigenvalue weighted by Gasteiger charge is 1.99. The van der Waals surface area contributed by atoms with Gasteiger partial charge in [0.1, 0.15) is 6.04 Å². The molecule has 9 heavy (non-hydrogen) atoms. The van der Waals surface area contributed by atoms with Gasteiger partial charge in [-0.1, -0.05) is 0 Å². The molecule has 0 aliphatic rings. The van der Waals surface area contributed by atoms with Crippen LogP contribution in [0.4, 0.5) is 0 Å². The zero-order valence-electron chi connectivity index (χ0n) is 5.01. The topological polar surface area (TPSA) is 158 Å².